The predicted octanol–water partition coefficient (Wildman–Crippen LogP) is 2.96. The van der Waals surface area contributed by atoms with Crippen molar-refractivity contribution >= 4 is 47.2 Å². The number of amides is 1. The molecule has 0 bridgehead atoms. The zero-order chi connectivity index (χ0) is 21.5. The van der Waals surface area contributed by atoms with Crippen molar-refractivity contribution in [3.63, 3.8) is 0 Å². The first-order chi connectivity index (χ1) is 14.5. The normalized spacial score (nSPS) is 20.7. The molecule has 0 saturated carbocycles. The number of hydrogen-bond acceptors (Lipinski definition) is 5. The van der Waals surface area contributed by atoms with Crippen LogP contribution in [0.4, 0.5) is 0 Å². The molecule has 2 saturated heterocycles. The third kappa shape index (κ3) is 7.85. The Morgan fingerprint density at radius 2 is 2.03 bits per heavy atom. The largest absolute Gasteiger partial charge is 0.356 e. The third-order valence-electron chi connectivity index (χ3n) is 6.11. The monoisotopic (exact) mass is 562 g/mol. The maximum Gasteiger partial charge on any atom is 0.225 e. The van der Waals surface area contributed by atoms with E-state index >= 15 is 0 Å². The van der Waals surface area contributed by atoms with Crippen molar-refractivity contribution in [1.29, 1.82) is 0 Å². The zero-order valence-electron chi connectivity index (χ0n) is 19.4. The lowest BCUT2D eigenvalue weighted by atomic mass is 9.97. The van der Waals surface area contributed by atoms with Gasteiger partial charge in [-0.25, -0.2) is 4.98 Å². The van der Waals surface area contributed by atoms with Crippen molar-refractivity contribution in [3.05, 3.63) is 16.1 Å². The van der Waals surface area contributed by atoms with Crippen LogP contribution in [-0.2, 0) is 17.8 Å². The fraction of sp³-hybridized carbons (Fsp3) is 0.773. The summed E-state index contributed by atoms with van der Waals surface area (Å²) in [7, 11) is 1.82. The molecule has 2 aliphatic rings. The highest BCUT2D eigenvalue weighted by Gasteiger charge is 2.28. The number of nitrogens with one attached hydrogen (secondary N) is 2. The van der Waals surface area contributed by atoms with Crippen LogP contribution < -0.4 is 10.6 Å². The Hall–Kier alpha value is -0.940. The maximum absolute atomic E-state index is 12.2. The molecule has 1 atom stereocenters. The van der Waals surface area contributed by atoms with Crippen LogP contribution in [0.25, 0.3) is 0 Å². The van der Waals surface area contributed by atoms with E-state index in [-0.39, 0.29) is 41.8 Å². The number of thiazole rings is 1. The molecule has 31 heavy (non-hydrogen) atoms. The van der Waals surface area contributed by atoms with E-state index in [1.54, 1.807) is 11.3 Å². The summed E-state index contributed by atoms with van der Waals surface area (Å²) in [6.45, 7) is 11.9. The Morgan fingerprint density at radius 1 is 1.29 bits per heavy atom. The van der Waals surface area contributed by atoms with Gasteiger partial charge in [0, 0.05) is 50.6 Å². The number of piperidine rings is 1. The fourth-order valence-electron chi connectivity index (χ4n) is 4.23. The molecule has 7 nitrogen and oxygen atoms in total. The number of carbonyl (C=O) groups excluding carboxylic acids is 1. The van der Waals surface area contributed by atoms with Gasteiger partial charge in [-0.2, -0.15) is 0 Å². The Kier molecular flexibility index (Phi) is 11.0. The van der Waals surface area contributed by atoms with Gasteiger partial charge < -0.3 is 15.5 Å². The molecular weight excluding hydrogens is 523 g/mol. The van der Waals surface area contributed by atoms with Crippen LogP contribution in [-0.4, -0.2) is 72.5 Å². The average Bonchev–Trinajstić information content (AvgIpc) is 3.40. The van der Waals surface area contributed by atoms with E-state index in [4.69, 9.17) is 4.98 Å². The smallest absolute Gasteiger partial charge is 0.225 e. The number of guanidine groups is 1. The Labute approximate surface area is 208 Å². The van der Waals surface area contributed by atoms with Gasteiger partial charge in [0.15, 0.2) is 5.96 Å². The Morgan fingerprint density at radius 3 is 2.65 bits per heavy atom. The number of aryl methyl sites for hydroxylation is 1. The first-order valence-corrected chi connectivity index (χ1v) is 12.3. The number of aromatic nitrogens is 1. The highest BCUT2D eigenvalue weighted by molar-refractivity contribution is 14.0. The van der Waals surface area contributed by atoms with Crippen molar-refractivity contribution < 1.29 is 4.79 Å². The van der Waals surface area contributed by atoms with E-state index in [1.165, 1.54) is 23.5 Å². The third-order valence-corrected chi connectivity index (χ3v) is 7.15. The molecule has 2 aliphatic heterocycles. The molecule has 9 heteroatoms. The van der Waals surface area contributed by atoms with E-state index < -0.39 is 0 Å². The molecule has 1 aromatic heterocycles. The summed E-state index contributed by atoms with van der Waals surface area (Å²) >= 11 is 1.78. The van der Waals surface area contributed by atoms with Gasteiger partial charge in [-0.3, -0.25) is 14.7 Å². The molecule has 176 valence electrons. The van der Waals surface area contributed by atoms with Crippen molar-refractivity contribution in [3.8, 4) is 0 Å². The van der Waals surface area contributed by atoms with Crippen LogP contribution in [0.5, 0.6) is 0 Å². The summed E-state index contributed by atoms with van der Waals surface area (Å²) in [6.07, 6.45) is 4.42. The number of nitrogens with zero attached hydrogens (tertiary/aromatic N) is 4. The SMILES string of the molecule is CCc1nc(CN2CCC(CNC(=NC)NC3CCN(C(=O)C(C)C)C3)CC2)cs1.I. The number of hydrogen-bond donors (Lipinski definition) is 2. The molecule has 0 aliphatic carbocycles. The Bertz CT molecular complexity index is 717. The van der Waals surface area contributed by atoms with Crippen LogP contribution in [0.2, 0.25) is 0 Å². The molecule has 0 radical (unpaired) electrons. The summed E-state index contributed by atoms with van der Waals surface area (Å²) in [5.74, 6) is 1.84. The second-order valence-corrected chi connectivity index (χ2v) is 9.77. The van der Waals surface area contributed by atoms with Crippen molar-refractivity contribution in [2.45, 2.75) is 59.0 Å². The van der Waals surface area contributed by atoms with Crippen molar-refractivity contribution in [2.24, 2.45) is 16.8 Å². The lowest BCUT2D eigenvalue weighted by molar-refractivity contribution is -0.133. The highest BCUT2D eigenvalue weighted by atomic mass is 127. The van der Waals surface area contributed by atoms with E-state index in [9.17, 15) is 4.79 Å². The summed E-state index contributed by atoms with van der Waals surface area (Å²) in [5, 5.41) is 10.5. The van der Waals surface area contributed by atoms with Crippen molar-refractivity contribution in [1.82, 2.24) is 25.4 Å². The van der Waals surface area contributed by atoms with E-state index in [0.29, 0.717) is 5.92 Å². The summed E-state index contributed by atoms with van der Waals surface area (Å²) in [6, 6.07) is 0.284. The minimum absolute atomic E-state index is 0. The summed E-state index contributed by atoms with van der Waals surface area (Å²) in [4.78, 5) is 25.8. The van der Waals surface area contributed by atoms with Gasteiger partial charge in [0.2, 0.25) is 5.91 Å². The summed E-state index contributed by atoms with van der Waals surface area (Å²) in [5.41, 5.74) is 1.22. The van der Waals surface area contributed by atoms with Crippen LogP contribution in [0.15, 0.2) is 10.4 Å². The minimum atomic E-state index is 0. The van der Waals surface area contributed by atoms with Crippen LogP contribution in [0.3, 0.4) is 0 Å². The quantitative estimate of drug-likeness (QED) is 0.304. The molecule has 3 heterocycles. The first-order valence-electron chi connectivity index (χ1n) is 11.4. The summed E-state index contributed by atoms with van der Waals surface area (Å²) < 4.78 is 0. The first kappa shape index (κ1) is 26.3. The van der Waals surface area contributed by atoms with Gasteiger partial charge in [0.25, 0.3) is 0 Å². The van der Waals surface area contributed by atoms with Gasteiger partial charge in [0.05, 0.1) is 10.7 Å². The molecule has 0 spiro atoms. The molecular formula is C22H39IN6OS. The molecule has 3 rings (SSSR count). The van der Waals surface area contributed by atoms with Crippen LogP contribution >= 0.6 is 35.3 Å². The topological polar surface area (TPSA) is 72.9 Å². The Balaban J connectivity index is 0.00000341. The van der Waals surface area contributed by atoms with Crippen molar-refractivity contribution in [2.75, 3.05) is 39.8 Å². The molecule has 2 N–H and O–H groups in total. The standard InChI is InChI=1S/C22H38N6OS.HI/c1-5-20-25-19(15-30-20)13-27-9-6-17(7-10-27)12-24-22(23-4)26-18-8-11-28(14-18)21(29)16(2)3;/h15-18H,5-14H2,1-4H3,(H2,23,24,26);1H. The average molecular weight is 563 g/mol. The van der Waals surface area contributed by atoms with Gasteiger partial charge in [-0.05, 0) is 44.7 Å². The number of likely N-dealkylation sites (tertiary alicyclic amines) is 2. The van der Waals surface area contributed by atoms with Crippen LogP contribution in [0.1, 0.15) is 50.7 Å². The predicted molar refractivity (Wildman–Crippen MR) is 139 cm³/mol. The van der Waals surface area contributed by atoms with Gasteiger partial charge in [0.1, 0.15) is 0 Å². The van der Waals surface area contributed by atoms with Gasteiger partial charge in [-0.15, -0.1) is 35.3 Å². The number of rotatable bonds is 7. The number of aliphatic imine (C=N–C) groups is 1. The second-order valence-electron chi connectivity index (χ2n) is 8.83. The number of halogens is 1. The fourth-order valence-corrected chi connectivity index (χ4v) is 4.97. The van der Waals surface area contributed by atoms with E-state index in [1.807, 2.05) is 25.8 Å². The lowest BCUT2D eigenvalue weighted by Gasteiger charge is -2.32. The second kappa shape index (κ2) is 12.9. The zero-order valence-corrected chi connectivity index (χ0v) is 22.5. The highest BCUT2D eigenvalue weighted by Crippen LogP contribution is 2.20. The molecule has 0 aromatic carbocycles. The number of carbonyl (C=O) groups is 1. The van der Waals surface area contributed by atoms with Gasteiger partial charge >= 0.3 is 0 Å². The lowest BCUT2D eigenvalue weighted by Crippen LogP contribution is -2.47. The van der Waals surface area contributed by atoms with E-state index in [0.717, 1.165) is 58.1 Å². The minimum Gasteiger partial charge on any atom is -0.356 e. The van der Waals surface area contributed by atoms with Crippen LogP contribution in [0, 0.1) is 11.8 Å². The maximum atomic E-state index is 12.2. The van der Waals surface area contributed by atoms with Gasteiger partial charge in [-0.1, -0.05) is 20.8 Å². The van der Waals surface area contributed by atoms with E-state index in [2.05, 4.69) is 32.8 Å². The molecule has 1 amide bonds. The molecule has 1 aromatic rings. The molecule has 2 fully saturated rings. The molecule has 1 unspecified atom stereocenters.